The smallest absolute Gasteiger partial charge is 0.422 e. The molecule has 5 nitrogen and oxygen atoms in total. The molecule has 1 rings (SSSR count). The van der Waals surface area contributed by atoms with E-state index in [1.165, 1.54) is 13.2 Å². The normalized spacial score (nSPS) is 12.9. The summed E-state index contributed by atoms with van der Waals surface area (Å²) in [5.41, 5.74) is 0.113. The van der Waals surface area contributed by atoms with Gasteiger partial charge in [0, 0.05) is 19.3 Å². The molecular weight excluding hydrogens is 313 g/mol. The number of hydrogen-bond acceptors (Lipinski definition) is 4. The minimum atomic E-state index is -4.49. The van der Waals surface area contributed by atoms with E-state index in [0.29, 0.717) is 6.61 Å². The van der Waals surface area contributed by atoms with Crippen molar-refractivity contribution in [2.24, 2.45) is 0 Å². The Bertz CT molecular complexity index is 497. The quantitative estimate of drug-likeness (QED) is 0.872. The Balaban J connectivity index is 2.71. The Hall–Kier alpha value is -1.54. The Labute approximate surface area is 124 Å². The highest BCUT2D eigenvalue weighted by atomic mass is 35.5. The SMILES string of the molecule is COC[C@H](C)NC(=O)c1cnc(OCC(F)(F)F)c(Cl)c1. The standard InChI is InChI=1S/C12H14ClF3N2O3/c1-7(5-20-2)18-10(19)8-3-9(13)11(17-4-8)21-6-12(14,15)16/h3-4,7H,5-6H2,1-2H3,(H,18,19)/t7-/m0/s1. The number of methoxy groups -OCH3 is 1. The van der Waals surface area contributed by atoms with Crippen molar-refractivity contribution in [1.82, 2.24) is 10.3 Å². The van der Waals surface area contributed by atoms with E-state index < -0.39 is 18.7 Å². The van der Waals surface area contributed by atoms with Crippen LogP contribution in [0, 0.1) is 0 Å². The van der Waals surface area contributed by atoms with Crippen LogP contribution < -0.4 is 10.1 Å². The summed E-state index contributed by atoms with van der Waals surface area (Å²) in [6.45, 7) is 0.549. The third-order valence-corrected chi connectivity index (χ3v) is 2.51. The molecule has 1 heterocycles. The Morgan fingerprint density at radius 1 is 1.52 bits per heavy atom. The Morgan fingerprint density at radius 3 is 2.71 bits per heavy atom. The maximum absolute atomic E-state index is 12.0. The molecule has 0 saturated carbocycles. The summed E-state index contributed by atoms with van der Waals surface area (Å²) in [6, 6.07) is 0.956. The van der Waals surface area contributed by atoms with Gasteiger partial charge in [-0.05, 0) is 13.0 Å². The number of amides is 1. The molecule has 0 radical (unpaired) electrons. The van der Waals surface area contributed by atoms with Crippen LogP contribution in [0.3, 0.4) is 0 Å². The summed E-state index contributed by atoms with van der Waals surface area (Å²) in [7, 11) is 1.49. The first kappa shape index (κ1) is 17.5. The molecule has 1 amide bonds. The van der Waals surface area contributed by atoms with Crippen molar-refractivity contribution in [3.8, 4) is 5.88 Å². The van der Waals surface area contributed by atoms with E-state index in [2.05, 4.69) is 15.0 Å². The zero-order valence-corrected chi connectivity index (χ0v) is 12.1. The van der Waals surface area contributed by atoms with E-state index in [0.717, 1.165) is 6.20 Å². The van der Waals surface area contributed by atoms with Crippen molar-refractivity contribution < 1.29 is 27.4 Å². The molecule has 0 saturated heterocycles. The van der Waals surface area contributed by atoms with Crippen molar-refractivity contribution >= 4 is 17.5 Å². The third kappa shape index (κ3) is 6.17. The predicted molar refractivity (Wildman–Crippen MR) is 69.6 cm³/mol. The van der Waals surface area contributed by atoms with Crippen molar-refractivity contribution in [3.05, 3.63) is 22.8 Å². The van der Waals surface area contributed by atoms with Gasteiger partial charge in [-0.2, -0.15) is 13.2 Å². The average Bonchev–Trinajstić information content (AvgIpc) is 2.36. The van der Waals surface area contributed by atoms with E-state index in [1.54, 1.807) is 6.92 Å². The summed E-state index contributed by atoms with van der Waals surface area (Å²) in [4.78, 5) is 15.4. The summed E-state index contributed by atoms with van der Waals surface area (Å²) in [5, 5.41) is 2.44. The van der Waals surface area contributed by atoms with Gasteiger partial charge in [0.15, 0.2) is 6.61 Å². The lowest BCUT2D eigenvalue weighted by atomic mass is 10.2. The fourth-order valence-corrected chi connectivity index (χ4v) is 1.63. The molecule has 1 aromatic rings. The monoisotopic (exact) mass is 326 g/mol. The number of halogens is 4. The number of rotatable bonds is 6. The summed E-state index contributed by atoms with van der Waals surface area (Å²) < 4.78 is 45.4. The van der Waals surface area contributed by atoms with Crippen LogP contribution in [0.5, 0.6) is 5.88 Å². The number of pyridine rings is 1. The van der Waals surface area contributed by atoms with Crippen LogP contribution in [0.4, 0.5) is 13.2 Å². The van der Waals surface area contributed by atoms with Gasteiger partial charge in [0.25, 0.3) is 5.91 Å². The molecule has 21 heavy (non-hydrogen) atoms. The highest BCUT2D eigenvalue weighted by Crippen LogP contribution is 2.24. The first-order chi connectivity index (χ1) is 9.73. The fraction of sp³-hybridized carbons (Fsp3) is 0.500. The number of hydrogen-bond donors (Lipinski definition) is 1. The van der Waals surface area contributed by atoms with Gasteiger partial charge in [-0.15, -0.1) is 0 Å². The highest BCUT2D eigenvalue weighted by molar-refractivity contribution is 6.32. The molecule has 0 bridgehead atoms. The lowest BCUT2D eigenvalue weighted by molar-refractivity contribution is -0.154. The van der Waals surface area contributed by atoms with Gasteiger partial charge < -0.3 is 14.8 Å². The second-order valence-corrected chi connectivity index (χ2v) is 4.65. The van der Waals surface area contributed by atoms with Crippen molar-refractivity contribution in [2.75, 3.05) is 20.3 Å². The van der Waals surface area contributed by atoms with Gasteiger partial charge in [-0.3, -0.25) is 4.79 Å². The molecule has 0 spiro atoms. The first-order valence-corrected chi connectivity index (χ1v) is 6.25. The molecule has 1 atom stereocenters. The van der Waals surface area contributed by atoms with E-state index in [9.17, 15) is 18.0 Å². The second kappa shape index (κ2) is 7.46. The van der Waals surface area contributed by atoms with Gasteiger partial charge in [0.1, 0.15) is 5.02 Å². The van der Waals surface area contributed by atoms with Crippen LogP contribution >= 0.6 is 11.6 Å². The predicted octanol–water partition coefficient (Wildman–Crippen LogP) is 2.44. The molecule has 0 aliphatic rings. The number of aromatic nitrogens is 1. The zero-order chi connectivity index (χ0) is 16.0. The lowest BCUT2D eigenvalue weighted by Gasteiger charge is -2.13. The summed E-state index contributed by atoms with van der Waals surface area (Å²) >= 11 is 5.74. The Kier molecular flexibility index (Phi) is 6.22. The molecule has 0 aliphatic heterocycles. The minimum absolute atomic E-state index is 0.113. The van der Waals surface area contributed by atoms with E-state index in [-0.39, 0.29) is 22.5 Å². The van der Waals surface area contributed by atoms with Crippen molar-refractivity contribution in [1.29, 1.82) is 0 Å². The number of carbonyl (C=O) groups excluding carboxylic acids is 1. The minimum Gasteiger partial charge on any atom is -0.467 e. The van der Waals surface area contributed by atoms with Gasteiger partial charge in [-0.1, -0.05) is 11.6 Å². The number of carbonyl (C=O) groups is 1. The zero-order valence-electron chi connectivity index (χ0n) is 11.3. The lowest BCUT2D eigenvalue weighted by Crippen LogP contribution is -2.35. The molecule has 118 valence electrons. The molecular formula is C12H14ClF3N2O3. The molecule has 0 aliphatic carbocycles. The summed E-state index contributed by atoms with van der Waals surface area (Å²) in [5.74, 6) is -0.841. The molecule has 1 N–H and O–H groups in total. The molecule has 9 heteroatoms. The van der Waals surface area contributed by atoms with Gasteiger partial charge in [0.2, 0.25) is 5.88 Å². The number of ether oxygens (including phenoxy) is 2. The maximum Gasteiger partial charge on any atom is 0.422 e. The largest absolute Gasteiger partial charge is 0.467 e. The molecule has 0 fully saturated rings. The van der Waals surface area contributed by atoms with Crippen LogP contribution in [0.15, 0.2) is 12.3 Å². The highest BCUT2D eigenvalue weighted by Gasteiger charge is 2.29. The van der Waals surface area contributed by atoms with Gasteiger partial charge in [0.05, 0.1) is 12.2 Å². The third-order valence-electron chi connectivity index (χ3n) is 2.24. The van der Waals surface area contributed by atoms with E-state index in [1.807, 2.05) is 0 Å². The van der Waals surface area contributed by atoms with Gasteiger partial charge in [-0.25, -0.2) is 4.98 Å². The fourth-order valence-electron chi connectivity index (χ4n) is 1.40. The van der Waals surface area contributed by atoms with Crippen LogP contribution in [-0.4, -0.2) is 43.4 Å². The second-order valence-electron chi connectivity index (χ2n) is 4.24. The molecule has 0 unspecified atom stereocenters. The first-order valence-electron chi connectivity index (χ1n) is 5.88. The van der Waals surface area contributed by atoms with E-state index >= 15 is 0 Å². The number of nitrogens with one attached hydrogen (secondary N) is 1. The van der Waals surface area contributed by atoms with Crippen LogP contribution in [0.25, 0.3) is 0 Å². The topological polar surface area (TPSA) is 60.5 Å². The van der Waals surface area contributed by atoms with Crippen LogP contribution in [0.1, 0.15) is 17.3 Å². The number of alkyl halides is 3. The Morgan fingerprint density at radius 2 is 2.19 bits per heavy atom. The van der Waals surface area contributed by atoms with E-state index in [4.69, 9.17) is 16.3 Å². The van der Waals surface area contributed by atoms with Gasteiger partial charge >= 0.3 is 6.18 Å². The van der Waals surface area contributed by atoms with Crippen molar-refractivity contribution in [3.63, 3.8) is 0 Å². The van der Waals surface area contributed by atoms with Crippen molar-refractivity contribution in [2.45, 2.75) is 19.1 Å². The number of nitrogens with zero attached hydrogens (tertiary/aromatic N) is 1. The molecule has 1 aromatic heterocycles. The van der Waals surface area contributed by atoms with Crippen LogP contribution in [-0.2, 0) is 4.74 Å². The summed E-state index contributed by atoms with van der Waals surface area (Å²) in [6.07, 6.45) is -3.40. The maximum atomic E-state index is 12.0. The average molecular weight is 327 g/mol. The van der Waals surface area contributed by atoms with Crippen LogP contribution in [0.2, 0.25) is 5.02 Å². The molecule has 0 aromatic carbocycles.